The summed E-state index contributed by atoms with van der Waals surface area (Å²) < 4.78 is 49.9. The minimum absolute atomic E-state index is 0.0525. The average molecular weight is 266 g/mol. The van der Waals surface area contributed by atoms with E-state index in [-0.39, 0.29) is 18.8 Å². The minimum Gasteiger partial charge on any atom is -0.396 e. The van der Waals surface area contributed by atoms with E-state index in [0.717, 1.165) is 11.0 Å². The van der Waals surface area contributed by atoms with Crippen molar-refractivity contribution in [3.05, 3.63) is 29.6 Å². The van der Waals surface area contributed by atoms with Crippen LogP contribution in [0.1, 0.15) is 5.56 Å². The number of alkyl halides is 3. The molecule has 0 atom stereocenters. The van der Waals surface area contributed by atoms with E-state index in [1.165, 1.54) is 12.1 Å². The van der Waals surface area contributed by atoms with Crippen molar-refractivity contribution in [1.29, 1.82) is 0 Å². The molecule has 1 aromatic carbocycles. The number of hydrogen-bond donors (Lipinski definition) is 2. The summed E-state index contributed by atoms with van der Waals surface area (Å²) in [7, 11) is 0. The quantitative estimate of drug-likeness (QED) is 0.630. The van der Waals surface area contributed by atoms with Gasteiger partial charge in [0.2, 0.25) is 0 Å². The number of anilines is 1. The second kappa shape index (κ2) is 6.01. The van der Waals surface area contributed by atoms with E-state index in [9.17, 15) is 17.6 Å². The van der Waals surface area contributed by atoms with Gasteiger partial charge in [-0.15, -0.1) is 0 Å². The van der Waals surface area contributed by atoms with Gasteiger partial charge in [-0.25, -0.2) is 4.39 Å². The van der Waals surface area contributed by atoms with Crippen LogP contribution < -0.4 is 5.73 Å². The number of nitrogens with zero attached hydrogens (tertiary/aromatic N) is 1. The van der Waals surface area contributed by atoms with Gasteiger partial charge in [-0.1, -0.05) is 6.07 Å². The van der Waals surface area contributed by atoms with Gasteiger partial charge < -0.3 is 10.8 Å². The zero-order valence-electron chi connectivity index (χ0n) is 9.54. The highest BCUT2D eigenvalue weighted by Crippen LogP contribution is 2.19. The average Bonchev–Trinajstić information content (AvgIpc) is 2.21. The first-order valence-corrected chi connectivity index (χ1v) is 5.25. The third-order valence-corrected chi connectivity index (χ3v) is 2.29. The summed E-state index contributed by atoms with van der Waals surface area (Å²) in [5.41, 5.74) is 5.59. The van der Waals surface area contributed by atoms with Gasteiger partial charge in [0, 0.05) is 13.1 Å². The molecule has 102 valence electrons. The standard InChI is InChI=1S/C11H14F4N2O/c12-9-5-8(1-2-10(9)16)6-17(3-4-18)7-11(13,14)15/h1-2,5,18H,3-4,6-7,16H2. The summed E-state index contributed by atoms with van der Waals surface area (Å²) in [6.07, 6.45) is -4.36. The van der Waals surface area contributed by atoms with E-state index >= 15 is 0 Å². The number of benzene rings is 1. The third-order valence-electron chi connectivity index (χ3n) is 2.29. The Morgan fingerprint density at radius 1 is 1.28 bits per heavy atom. The van der Waals surface area contributed by atoms with E-state index in [0.29, 0.717) is 5.56 Å². The fourth-order valence-electron chi connectivity index (χ4n) is 1.54. The maximum absolute atomic E-state index is 13.1. The molecule has 18 heavy (non-hydrogen) atoms. The molecule has 0 unspecified atom stereocenters. The summed E-state index contributed by atoms with van der Waals surface area (Å²) >= 11 is 0. The number of nitrogens with two attached hydrogens (primary N) is 1. The van der Waals surface area contributed by atoms with Crippen molar-refractivity contribution in [1.82, 2.24) is 4.90 Å². The topological polar surface area (TPSA) is 49.5 Å². The molecule has 0 aliphatic carbocycles. The Hall–Kier alpha value is -1.34. The van der Waals surface area contributed by atoms with Crippen LogP contribution in [0.2, 0.25) is 0 Å². The van der Waals surface area contributed by atoms with Crippen LogP contribution in [0.3, 0.4) is 0 Å². The molecular formula is C11H14F4N2O. The molecule has 1 rings (SSSR count). The molecule has 3 N–H and O–H groups in total. The molecule has 1 aromatic rings. The van der Waals surface area contributed by atoms with Crippen LogP contribution in [0.4, 0.5) is 23.2 Å². The molecule has 0 fully saturated rings. The van der Waals surface area contributed by atoms with Gasteiger partial charge in [-0.3, -0.25) is 4.90 Å². The molecule has 3 nitrogen and oxygen atoms in total. The number of aliphatic hydroxyl groups is 1. The minimum atomic E-state index is -4.36. The Bertz CT molecular complexity index is 395. The maximum atomic E-state index is 13.1. The summed E-state index contributed by atoms with van der Waals surface area (Å²) in [5.74, 6) is -0.663. The fourth-order valence-corrected chi connectivity index (χ4v) is 1.54. The normalized spacial score (nSPS) is 12.1. The number of aliphatic hydroxyl groups excluding tert-OH is 1. The maximum Gasteiger partial charge on any atom is 0.401 e. The first-order valence-electron chi connectivity index (χ1n) is 5.25. The van der Waals surface area contributed by atoms with E-state index in [4.69, 9.17) is 10.8 Å². The summed E-state index contributed by atoms with van der Waals surface area (Å²) in [5, 5.41) is 8.71. The van der Waals surface area contributed by atoms with Crippen molar-refractivity contribution in [3.8, 4) is 0 Å². The van der Waals surface area contributed by atoms with Crippen molar-refractivity contribution in [2.45, 2.75) is 12.7 Å². The zero-order chi connectivity index (χ0) is 13.8. The van der Waals surface area contributed by atoms with Crippen molar-refractivity contribution in [3.63, 3.8) is 0 Å². The largest absolute Gasteiger partial charge is 0.401 e. The predicted molar refractivity (Wildman–Crippen MR) is 59.2 cm³/mol. The molecule has 0 bridgehead atoms. The lowest BCUT2D eigenvalue weighted by atomic mass is 10.2. The van der Waals surface area contributed by atoms with E-state index < -0.39 is 25.1 Å². The fraction of sp³-hybridized carbons (Fsp3) is 0.455. The van der Waals surface area contributed by atoms with Gasteiger partial charge in [0.15, 0.2) is 0 Å². The van der Waals surface area contributed by atoms with E-state index in [1.807, 2.05) is 0 Å². The molecule has 0 aromatic heterocycles. The molecule has 0 saturated carbocycles. The predicted octanol–water partition coefficient (Wildman–Crippen LogP) is 1.76. The Balaban J connectivity index is 2.73. The molecule has 0 aliphatic heterocycles. The molecule has 7 heteroatoms. The lowest BCUT2D eigenvalue weighted by Gasteiger charge is -2.22. The summed E-state index contributed by atoms with van der Waals surface area (Å²) in [6, 6.07) is 3.85. The first-order chi connectivity index (χ1) is 8.31. The highest BCUT2D eigenvalue weighted by atomic mass is 19.4. The third kappa shape index (κ3) is 4.89. The van der Waals surface area contributed by atoms with Crippen LogP contribution in [0.5, 0.6) is 0 Å². The number of hydrogen-bond acceptors (Lipinski definition) is 3. The Labute approximate surface area is 102 Å². The summed E-state index contributed by atoms with van der Waals surface area (Å²) in [6.45, 7) is -1.78. The highest BCUT2D eigenvalue weighted by molar-refractivity contribution is 5.41. The second-order valence-electron chi connectivity index (χ2n) is 3.91. The smallest absolute Gasteiger partial charge is 0.396 e. The van der Waals surface area contributed by atoms with Crippen LogP contribution in [0.25, 0.3) is 0 Å². The lowest BCUT2D eigenvalue weighted by Crippen LogP contribution is -2.35. The van der Waals surface area contributed by atoms with Crippen molar-refractivity contribution < 1.29 is 22.7 Å². The molecule has 0 saturated heterocycles. The van der Waals surface area contributed by atoms with Crippen LogP contribution >= 0.6 is 0 Å². The molecular weight excluding hydrogens is 252 g/mol. The van der Waals surface area contributed by atoms with Crippen molar-refractivity contribution >= 4 is 5.69 Å². The summed E-state index contributed by atoms with van der Waals surface area (Å²) in [4.78, 5) is 0.991. The zero-order valence-corrected chi connectivity index (χ0v) is 9.54. The van der Waals surface area contributed by atoms with Gasteiger partial charge in [0.05, 0.1) is 18.8 Å². The number of nitrogen functional groups attached to an aromatic ring is 1. The lowest BCUT2D eigenvalue weighted by molar-refractivity contribution is -0.147. The van der Waals surface area contributed by atoms with Gasteiger partial charge in [-0.2, -0.15) is 13.2 Å². The Kier molecular flexibility index (Phi) is 4.92. The Morgan fingerprint density at radius 2 is 1.94 bits per heavy atom. The van der Waals surface area contributed by atoms with Gasteiger partial charge in [0.25, 0.3) is 0 Å². The number of halogens is 4. The molecule has 0 heterocycles. The van der Waals surface area contributed by atoms with Gasteiger partial charge >= 0.3 is 6.18 Å². The van der Waals surface area contributed by atoms with E-state index in [1.54, 1.807) is 0 Å². The van der Waals surface area contributed by atoms with Crippen LogP contribution in [0, 0.1) is 5.82 Å². The number of rotatable bonds is 5. The van der Waals surface area contributed by atoms with Gasteiger partial charge in [-0.05, 0) is 17.7 Å². The van der Waals surface area contributed by atoms with E-state index in [2.05, 4.69) is 0 Å². The molecule has 0 spiro atoms. The van der Waals surface area contributed by atoms with Crippen LogP contribution in [-0.4, -0.2) is 35.9 Å². The van der Waals surface area contributed by atoms with Crippen molar-refractivity contribution in [2.75, 3.05) is 25.4 Å². The van der Waals surface area contributed by atoms with Crippen LogP contribution in [0.15, 0.2) is 18.2 Å². The highest BCUT2D eigenvalue weighted by Gasteiger charge is 2.30. The van der Waals surface area contributed by atoms with Crippen LogP contribution in [-0.2, 0) is 6.54 Å². The SMILES string of the molecule is Nc1ccc(CN(CCO)CC(F)(F)F)cc1F. The molecule has 0 amide bonds. The first kappa shape index (κ1) is 14.7. The molecule has 0 aliphatic rings. The second-order valence-corrected chi connectivity index (χ2v) is 3.91. The Morgan fingerprint density at radius 3 is 2.44 bits per heavy atom. The monoisotopic (exact) mass is 266 g/mol. The van der Waals surface area contributed by atoms with Crippen molar-refractivity contribution in [2.24, 2.45) is 0 Å². The molecule has 0 radical (unpaired) electrons. The van der Waals surface area contributed by atoms with Gasteiger partial charge in [0.1, 0.15) is 5.82 Å².